The molecule has 4 nitrogen and oxygen atoms in total. The molecule has 1 N–H and O–H groups in total. The summed E-state index contributed by atoms with van der Waals surface area (Å²) in [6, 6.07) is 7.68. The molecule has 2 fully saturated rings. The van der Waals surface area contributed by atoms with E-state index in [4.69, 9.17) is 11.6 Å². The summed E-state index contributed by atoms with van der Waals surface area (Å²) in [6.45, 7) is 3.26. The summed E-state index contributed by atoms with van der Waals surface area (Å²) in [5.74, 6) is 0.513. The number of amides is 1. The van der Waals surface area contributed by atoms with Gasteiger partial charge in [0.15, 0.2) is 0 Å². The number of carbonyl (C=O) groups excluding carboxylic acids is 1. The van der Waals surface area contributed by atoms with E-state index in [1.807, 2.05) is 24.3 Å². The highest BCUT2D eigenvalue weighted by Crippen LogP contribution is 2.28. The second kappa shape index (κ2) is 4.97. The minimum Gasteiger partial charge on any atom is -0.346 e. The van der Waals surface area contributed by atoms with Crippen molar-refractivity contribution in [2.24, 2.45) is 5.92 Å². The second-order valence-corrected chi connectivity index (χ2v) is 6.39. The number of benzene rings is 1. The molecule has 108 valence electrons. The molecule has 2 bridgehead atoms. The van der Waals surface area contributed by atoms with E-state index in [9.17, 15) is 4.79 Å². The highest BCUT2D eigenvalue weighted by Gasteiger charge is 2.38. The third-order valence-corrected chi connectivity index (χ3v) is 4.80. The molecule has 1 amide bonds. The van der Waals surface area contributed by atoms with Crippen LogP contribution in [0.4, 0.5) is 0 Å². The van der Waals surface area contributed by atoms with Crippen LogP contribution < -0.4 is 5.32 Å². The Morgan fingerprint density at radius 3 is 2.95 bits per heavy atom. The molecule has 3 atom stereocenters. The first-order valence-corrected chi connectivity index (χ1v) is 7.65. The number of aromatic nitrogens is 1. The van der Waals surface area contributed by atoms with Crippen LogP contribution in [0, 0.1) is 5.92 Å². The number of rotatable bonds is 2. The zero-order chi connectivity index (χ0) is 14.4. The van der Waals surface area contributed by atoms with E-state index in [0.29, 0.717) is 16.6 Å². The molecule has 21 heavy (non-hydrogen) atoms. The Bertz CT molecular complexity index is 718. The Morgan fingerprint density at radius 1 is 1.29 bits per heavy atom. The maximum absolute atomic E-state index is 12.4. The number of halogens is 1. The molecule has 0 spiro atoms. The smallest absolute Gasteiger partial charge is 0.270 e. The molecule has 2 aliphatic rings. The predicted molar refractivity (Wildman–Crippen MR) is 82.6 cm³/mol. The summed E-state index contributed by atoms with van der Waals surface area (Å²) in [6.07, 6.45) is 2.91. The topological polar surface area (TPSA) is 45.2 Å². The van der Waals surface area contributed by atoms with Crippen molar-refractivity contribution in [3.63, 3.8) is 0 Å². The number of nitrogens with one attached hydrogen (secondary N) is 1. The third-order valence-electron chi connectivity index (χ3n) is 4.57. The molecule has 0 aliphatic carbocycles. The van der Waals surface area contributed by atoms with Gasteiger partial charge in [0.2, 0.25) is 0 Å². The van der Waals surface area contributed by atoms with Crippen LogP contribution in [0.2, 0.25) is 5.02 Å². The van der Waals surface area contributed by atoms with Crippen molar-refractivity contribution in [1.82, 2.24) is 15.2 Å². The average Bonchev–Trinajstić information content (AvgIpc) is 3.09. The molecule has 0 saturated carbocycles. The Kier molecular flexibility index (Phi) is 3.08. The lowest BCUT2D eigenvalue weighted by Crippen LogP contribution is -2.43. The van der Waals surface area contributed by atoms with Crippen molar-refractivity contribution >= 4 is 28.3 Å². The number of piperidine rings is 1. The van der Waals surface area contributed by atoms with Gasteiger partial charge < -0.3 is 10.2 Å². The van der Waals surface area contributed by atoms with Crippen LogP contribution in [0.25, 0.3) is 10.8 Å². The number of nitrogens with zero attached hydrogens (tertiary/aromatic N) is 2. The lowest BCUT2D eigenvalue weighted by atomic mass is 10.00. The van der Waals surface area contributed by atoms with Crippen LogP contribution >= 0.6 is 11.6 Å². The molecule has 3 unspecified atom stereocenters. The fraction of sp³-hybridized carbons (Fsp3) is 0.375. The second-order valence-electron chi connectivity index (χ2n) is 5.95. The summed E-state index contributed by atoms with van der Waals surface area (Å²) in [4.78, 5) is 19.1. The van der Waals surface area contributed by atoms with E-state index in [1.165, 1.54) is 13.0 Å². The van der Waals surface area contributed by atoms with Gasteiger partial charge in [0.05, 0.1) is 0 Å². The van der Waals surface area contributed by atoms with Crippen LogP contribution in [0.1, 0.15) is 16.9 Å². The molecule has 1 aromatic heterocycles. The van der Waals surface area contributed by atoms with Gasteiger partial charge in [0.25, 0.3) is 5.91 Å². The Labute approximate surface area is 128 Å². The molecule has 1 aromatic carbocycles. The van der Waals surface area contributed by atoms with Crippen molar-refractivity contribution in [1.29, 1.82) is 0 Å². The Balaban J connectivity index is 1.56. The van der Waals surface area contributed by atoms with Crippen molar-refractivity contribution in [3.05, 3.63) is 41.2 Å². The van der Waals surface area contributed by atoms with E-state index < -0.39 is 0 Å². The van der Waals surface area contributed by atoms with Crippen LogP contribution in [0.15, 0.2) is 30.5 Å². The molecule has 0 radical (unpaired) electrons. The van der Waals surface area contributed by atoms with Crippen molar-refractivity contribution in [2.45, 2.75) is 12.5 Å². The molecule has 2 aromatic rings. The van der Waals surface area contributed by atoms with Gasteiger partial charge in [-0.25, -0.2) is 0 Å². The number of fused-ring (bicyclic) bond motifs is 3. The summed E-state index contributed by atoms with van der Waals surface area (Å²) >= 11 is 6.00. The first-order valence-electron chi connectivity index (χ1n) is 7.27. The third kappa shape index (κ3) is 2.39. The molecule has 5 heteroatoms. The van der Waals surface area contributed by atoms with Gasteiger partial charge in [-0.1, -0.05) is 17.7 Å². The normalized spacial score (nSPS) is 27.2. The summed E-state index contributed by atoms with van der Waals surface area (Å²) in [5.41, 5.74) is 0.461. The van der Waals surface area contributed by atoms with Gasteiger partial charge in [0, 0.05) is 35.7 Å². The van der Waals surface area contributed by atoms with Crippen molar-refractivity contribution in [2.75, 3.05) is 19.6 Å². The van der Waals surface area contributed by atoms with E-state index in [1.54, 1.807) is 6.20 Å². The van der Waals surface area contributed by atoms with E-state index in [0.717, 1.165) is 23.9 Å². The highest BCUT2D eigenvalue weighted by molar-refractivity contribution is 6.31. The maximum Gasteiger partial charge on any atom is 0.270 e. The summed E-state index contributed by atoms with van der Waals surface area (Å²) in [7, 11) is 0. The van der Waals surface area contributed by atoms with E-state index >= 15 is 0 Å². The lowest BCUT2D eigenvalue weighted by Gasteiger charge is -2.22. The minimum absolute atomic E-state index is 0.0874. The van der Waals surface area contributed by atoms with Gasteiger partial charge in [-0.05, 0) is 42.5 Å². The zero-order valence-corrected chi connectivity index (χ0v) is 12.3. The monoisotopic (exact) mass is 301 g/mol. The molecular weight excluding hydrogens is 286 g/mol. The van der Waals surface area contributed by atoms with Crippen molar-refractivity contribution in [3.8, 4) is 0 Å². The largest absolute Gasteiger partial charge is 0.346 e. The molecule has 2 saturated heterocycles. The van der Waals surface area contributed by atoms with Crippen LogP contribution in [0.3, 0.4) is 0 Å². The summed E-state index contributed by atoms with van der Waals surface area (Å²) in [5, 5.41) is 5.73. The summed E-state index contributed by atoms with van der Waals surface area (Å²) < 4.78 is 0. The van der Waals surface area contributed by atoms with Gasteiger partial charge in [-0.2, -0.15) is 0 Å². The first kappa shape index (κ1) is 13.0. The molecular formula is C16H16ClN3O. The van der Waals surface area contributed by atoms with Crippen LogP contribution in [-0.4, -0.2) is 41.5 Å². The number of pyridine rings is 1. The fourth-order valence-electron chi connectivity index (χ4n) is 3.43. The van der Waals surface area contributed by atoms with Gasteiger partial charge in [-0.15, -0.1) is 0 Å². The Hall–Kier alpha value is -1.65. The number of hydrogen-bond acceptors (Lipinski definition) is 3. The van der Waals surface area contributed by atoms with E-state index in [2.05, 4.69) is 15.2 Å². The van der Waals surface area contributed by atoms with Crippen LogP contribution in [-0.2, 0) is 0 Å². The highest BCUT2D eigenvalue weighted by atomic mass is 35.5. The average molecular weight is 302 g/mol. The van der Waals surface area contributed by atoms with E-state index in [-0.39, 0.29) is 11.9 Å². The Morgan fingerprint density at radius 2 is 2.19 bits per heavy atom. The van der Waals surface area contributed by atoms with Gasteiger partial charge in [-0.3, -0.25) is 9.78 Å². The number of carbonyl (C=O) groups is 1. The zero-order valence-electron chi connectivity index (χ0n) is 11.6. The predicted octanol–water partition coefficient (Wildman–Crippen LogP) is 2.32. The molecule has 2 aliphatic heterocycles. The first-order chi connectivity index (χ1) is 10.2. The van der Waals surface area contributed by atoms with Crippen LogP contribution in [0.5, 0.6) is 0 Å². The maximum atomic E-state index is 12.4. The quantitative estimate of drug-likeness (QED) is 0.926. The fourth-order valence-corrected chi connectivity index (χ4v) is 3.61. The van der Waals surface area contributed by atoms with Gasteiger partial charge >= 0.3 is 0 Å². The van der Waals surface area contributed by atoms with Crippen molar-refractivity contribution < 1.29 is 4.79 Å². The number of hydrogen-bond donors (Lipinski definition) is 1. The minimum atomic E-state index is -0.0874. The lowest BCUT2D eigenvalue weighted by molar-refractivity contribution is 0.0919. The van der Waals surface area contributed by atoms with Gasteiger partial charge in [0.1, 0.15) is 5.69 Å². The molecule has 3 heterocycles. The SMILES string of the molecule is O=C(NC1CN2CCC1C2)c1cc2cc(Cl)ccc2cn1. The standard InChI is InChI=1S/C16H16ClN3O/c17-13-2-1-10-7-18-14(6-12(10)5-13)16(21)19-15-9-20-4-3-11(15)8-20/h1-2,5-7,11,15H,3-4,8-9H2,(H,19,21). The molecule has 4 rings (SSSR count).